The number of ether oxygens (including phenoxy) is 1. The predicted octanol–water partition coefficient (Wildman–Crippen LogP) is 8.31. The monoisotopic (exact) mass is 751 g/mol. The maximum absolute atomic E-state index is 12.8. The van der Waals surface area contributed by atoms with Gasteiger partial charge < -0.3 is 9.30 Å². The number of hydrazone groups is 1. The largest absolute Gasteiger partial charge is 0.487 e. The van der Waals surface area contributed by atoms with E-state index >= 15 is 0 Å². The third-order valence-corrected chi connectivity index (χ3v) is 8.00. The summed E-state index contributed by atoms with van der Waals surface area (Å²) in [5, 5.41) is 4.20. The number of carbonyl (C=O) groups excluding carboxylic acids is 1. The number of benzene rings is 4. The molecule has 0 saturated carbocycles. The number of amides is 1. The molecule has 0 atom stereocenters. The van der Waals surface area contributed by atoms with Crippen LogP contribution in [0.2, 0.25) is 0 Å². The van der Waals surface area contributed by atoms with E-state index in [0.29, 0.717) is 12.2 Å². The zero-order valence-corrected chi connectivity index (χ0v) is 26.4. The zero-order chi connectivity index (χ0) is 28.1. The van der Waals surface area contributed by atoms with Crippen molar-refractivity contribution in [3.05, 3.63) is 138 Å². The number of aromatic nitrogens is 1. The lowest BCUT2D eigenvalue weighted by Gasteiger charge is -2.13. The third kappa shape index (κ3) is 6.64. The number of hydrogen-bond donors (Lipinski definition) is 1. The molecule has 0 spiro atoms. The molecule has 7 heteroatoms. The molecule has 1 amide bonds. The molecule has 5 aromatic rings. The van der Waals surface area contributed by atoms with E-state index in [4.69, 9.17) is 4.74 Å². The summed E-state index contributed by atoms with van der Waals surface area (Å²) in [6, 6.07) is 34.3. The SMILES string of the molecule is Cc1cccc(COc2c(I)cc(/C=N/NC(=O)c3ccc(-n4c(C)ccc4-c4ccccc4)cc3)cc2I)c1. The second-order valence-electron chi connectivity index (χ2n) is 9.40. The fourth-order valence-electron chi connectivity index (χ4n) is 4.46. The van der Waals surface area contributed by atoms with Gasteiger partial charge in [0.05, 0.1) is 19.0 Å². The van der Waals surface area contributed by atoms with Crippen molar-refractivity contribution in [1.29, 1.82) is 0 Å². The smallest absolute Gasteiger partial charge is 0.271 e. The molecule has 0 radical (unpaired) electrons. The fraction of sp³-hybridized carbons (Fsp3) is 0.0909. The van der Waals surface area contributed by atoms with E-state index in [1.165, 1.54) is 5.56 Å². The van der Waals surface area contributed by atoms with Gasteiger partial charge in [-0.15, -0.1) is 0 Å². The summed E-state index contributed by atoms with van der Waals surface area (Å²) in [6.45, 7) is 4.66. The van der Waals surface area contributed by atoms with Gasteiger partial charge in [-0.3, -0.25) is 4.79 Å². The summed E-state index contributed by atoms with van der Waals surface area (Å²) in [6.07, 6.45) is 1.65. The molecule has 1 heterocycles. The molecule has 1 aromatic heterocycles. The zero-order valence-electron chi connectivity index (χ0n) is 22.1. The van der Waals surface area contributed by atoms with Crippen LogP contribution in [-0.2, 0) is 6.61 Å². The van der Waals surface area contributed by atoms with Gasteiger partial charge in [-0.05, 0) is 124 Å². The van der Waals surface area contributed by atoms with Crippen molar-refractivity contribution >= 4 is 57.3 Å². The highest BCUT2D eigenvalue weighted by Crippen LogP contribution is 2.30. The quantitative estimate of drug-likeness (QED) is 0.0986. The predicted molar refractivity (Wildman–Crippen MR) is 178 cm³/mol. The second kappa shape index (κ2) is 12.8. The molecular weight excluding hydrogens is 724 g/mol. The van der Waals surface area contributed by atoms with Crippen LogP contribution in [0.25, 0.3) is 16.9 Å². The summed E-state index contributed by atoms with van der Waals surface area (Å²) in [7, 11) is 0. The Morgan fingerprint density at radius 1 is 0.875 bits per heavy atom. The lowest BCUT2D eigenvalue weighted by atomic mass is 10.1. The highest BCUT2D eigenvalue weighted by molar-refractivity contribution is 14.1. The van der Waals surface area contributed by atoms with E-state index in [0.717, 1.165) is 46.7 Å². The standard InChI is InChI=1S/C33H27I2N3O2/c1-22-7-6-8-24(17-22)21-40-32-29(34)18-25(19-30(32)35)20-36-37-33(39)27-12-14-28(15-13-27)38-23(2)11-16-31(38)26-9-4-3-5-10-26/h3-20H,21H2,1-2H3,(H,37,39)/b36-20+. The highest BCUT2D eigenvalue weighted by atomic mass is 127. The highest BCUT2D eigenvalue weighted by Gasteiger charge is 2.12. The second-order valence-corrected chi connectivity index (χ2v) is 11.7. The van der Waals surface area contributed by atoms with Crippen LogP contribution in [-0.4, -0.2) is 16.7 Å². The Hall–Kier alpha value is -3.44. The van der Waals surface area contributed by atoms with E-state index < -0.39 is 0 Å². The van der Waals surface area contributed by atoms with Crippen LogP contribution in [0, 0.1) is 21.0 Å². The molecule has 0 bridgehead atoms. The molecule has 1 N–H and O–H groups in total. The molecular formula is C33H27I2N3O2. The van der Waals surface area contributed by atoms with E-state index in [1.54, 1.807) is 6.21 Å². The van der Waals surface area contributed by atoms with Crippen LogP contribution in [0.1, 0.15) is 32.7 Å². The van der Waals surface area contributed by atoms with Crippen molar-refractivity contribution in [1.82, 2.24) is 9.99 Å². The van der Waals surface area contributed by atoms with Crippen LogP contribution < -0.4 is 10.2 Å². The van der Waals surface area contributed by atoms with Crippen LogP contribution in [0.3, 0.4) is 0 Å². The minimum absolute atomic E-state index is 0.266. The Bertz CT molecular complexity index is 1650. The Morgan fingerprint density at radius 2 is 1.60 bits per heavy atom. The first-order valence-corrected chi connectivity index (χ1v) is 14.9. The van der Waals surface area contributed by atoms with E-state index in [2.05, 4.69) is 117 Å². The first-order chi connectivity index (χ1) is 19.4. The van der Waals surface area contributed by atoms with Crippen molar-refractivity contribution in [2.45, 2.75) is 20.5 Å². The number of hydrogen-bond acceptors (Lipinski definition) is 3. The van der Waals surface area contributed by atoms with Gasteiger partial charge >= 0.3 is 0 Å². The molecule has 5 nitrogen and oxygen atoms in total. The summed E-state index contributed by atoms with van der Waals surface area (Å²) in [5.41, 5.74) is 10.8. The van der Waals surface area contributed by atoms with Crippen LogP contribution in [0.5, 0.6) is 5.75 Å². The van der Waals surface area contributed by atoms with Gasteiger partial charge in [0.25, 0.3) is 5.91 Å². The number of halogens is 2. The topological polar surface area (TPSA) is 55.6 Å². The third-order valence-electron chi connectivity index (χ3n) is 6.40. The molecule has 0 unspecified atom stereocenters. The van der Waals surface area contributed by atoms with Crippen LogP contribution in [0.15, 0.2) is 108 Å². The average Bonchev–Trinajstić information content (AvgIpc) is 3.34. The molecule has 4 aromatic carbocycles. The van der Waals surface area contributed by atoms with Gasteiger partial charge in [-0.2, -0.15) is 5.10 Å². The molecule has 40 heavy (non-hydrogen) atoms. The molecule has 0 fully saturated rings. The maximum Gasteiger partial charge on any atom is 0.271 e. The first-order valence-electron chi connectivity index (χ1n) is 12.7. The van der Waals surface area contributed by atoms with Gasteiger partial charge in [0.15, 0.2) is 0 Å². The average molecular weight is 751 g/mol. The molecule has 5 rings (SSSR count). The van der Waals surface area contributed by atoms with Gasteiger partial charge in [-0.1, -0.05) is 60.2 Å². The molecule has 0 aliphatic carbocycles. The van der Waals surface area contributed by atoms with Crippen molar-refractivity contribution < 1.29 is 9.53 Å². The number of nitrogens with one attached hydrogen (secondary N) is 1. The van der Waals surface area contributed by atoms with Crippen molar-refractivity contribution in [3.8, 4) is 22.7 Å². The van der Waals surface area contributed by atoms with E-state index in [-0.39, 0.29) is 5.91 Å². The van der Waals surface area contributed by atoms with Gasteiger partial charge in [0.1, 0.15) is 12.4 Å². The van der Waals surface area contributed by atoms with Crippen LogP contribution >= 0.6 is 45.2 Å². The van der Waals surface area contributed by atoms with Gasteiger partial charge in [0.2, 0.25) is 0 Å². The van der Waals surface area contributed by atoms with Crippen molar-refractivity contribution in [2.24, 2.45) is 5.10 Å². The summed E-state index contributed by atoms with van der Waals surface area (Å²) >= 11 is 4.54. The maximum atomic E-state index is 12.8. The van der Waals surface area contributed by atoms with Crippen molar-refractivity contribution in [2.75, 3.05) is 0 Å². The van der Waals surface area contributed by atoms with Crippen LogP contribution in [0.4, 0.5) is 0 Å². The summed E-state index contributed by atoms with van der Waals surface area (Å²) in [4.78, 5) is 12.8. The Labute approximate surface area is 261 Å². The Morgan fingerprint density at radius 3 is 2.30 bits per heavy atom. The lowest BCUT2D eigenvalue weighted by molar-refractivity contribution is 0.0955. The van der Waals surface area contributed by atoms with Crippen molar-refractivity contribution in [3.63, 3.8) is 0 Å². The number of aryl methyl sites for hydroxylation is 2. The summed E-state index contributed by atoms with van der Waals surface area (Å²) in [5.74, 6) is 0.579. The molecule has 0 aliphatic rings. The number of rotatable bonds is 8. The Kier molecular flexibility index (Phi) is 9.01. The normalized spacial score (nSPS) is 11.1. The van der Waals surface area contributed by atoms with Gasteiger partial charge in [-0.25, -0.2) is 5.43 Å². The number of carbonyl (C=O) groups is 1. The summed E-state index contributed by atoms with van der Waals surface area (Å²) < 4.78 is 10.3. The molecule has 200 valence electrons. The van der Waals surface area contributed by atoms with Gasteiger partial charge in [0, 0.05) is 16.9 Å². The fourth-order valence-corrected chi connectivity index (χ4v) is 6.58. The molecule has 0 saturated heterocycles. The first kappa shape index (κ1) is 28.1. The Balaban J connectivity index is 1.23. The van der Waals surface area contributed by atoms with E-state index in [1.807, 2.05) is 60.7 Å². The minimum atomic E-state index is -0.266. The minimum Gasteiger partial charge on any atom is -0.487 e. The van der Waals surface area contributed by atoms with E-state index in [9.17, 15) is 4.79 Å². The molecule has 0 aliphatic heterocycles. The number of nitrogens with zero attached hydrogens (tertiary/aromatic N) is 2. The lowest BCUT2D eigenvalue weighted by Crippen LogP contribution is -2.17.